The van der Waals surface area contributed by atoms with E-state index in [1.807, 2.05) is 0 Å². The van der Waals surface area contributed by atoms with E-state index in [0.717, 1.165) is 30.3 Å². The topological polar surface area (TPSA) is 374 Å². The molecular formula is C42H48O23. The third-order valence-corrected chi connectivity index (χ3v) is 11.0. The molecule has 4 aliphatic rings. The lowest BCUT2D eigenvalue weighted by atomic mass is 9.98. The van der Waals surface area contributed by atoms with E-state index in [0.29, 0.717) is 5.56 Å². The average Bonchev–Trinajstić information content (AvgIpc) is 3.27. The number of aliphatic hydroxyl groups is 9. The second-order valence-corrected chi connectivity index (χ2v) is 15.6. The van der Waals surface area contributed by atoms with Crippen molar-refractivity contribution < 1.29 is 114 Å². The molecule has 3 fully saturated rings. The van der Waals surface area contributed by atoms with Gasteiger partial charge in [0.15, 0.2) is 35.7 Å². The summed E-state index contributed by atoms with van der Waals surface area (Å²) in [7, 11) is 0. The molecule has 0 amide bonds. The largest absolute Gasteiger partial charge is 0.508 e. The van der Waals surface area contributed by atoms with Crippen LogP contribution in [0.5, 0.6) is 40.2 Å². The smallest absolute Gasteiger partial charge is 0.331 e. The monoisotopic (exact) mass is 920 g/mol. The van der Waals surface area contributed by atoms with Crippen molar-refractivity contribution >= 4 is 18.1 Å². The number of esters is 1. The van der Waals surface area contributed by atoms with Crippen LogP contribution in [0.2, 0.25) is 0 Å². The van der Waals surface area contributed by atoms with Gasteiger partial charge in [-0.2, -0.15) is 0 Å². The fourth-order valence-electron chi connectivity index (χ4n) is 7.43. The second-order valence-electron chi connectivity index (χ2n) is 15.6. The maximum atomic E-state index is 12.6. The number of aromatic hydroxyl groups is 5. The second kappa shape index (κ2) is 19.5. The molecule has 3 aromatic carbocycles. The number of carbonyl (C=O) groups excluding carboxylic acids is 1. The lowest BCUT2D eigenvalue weighted by molar-refractivity contribution is -0.325. The highest BCUT2D eigenvalue weighted by Gasteiger charge is 2.50. The zero-order valence-corrected chi connectivity index (χ0v) is 33.9. The number of hydrogen-bond acceptors (Lipinski definition) is 23. The van der Waals surface area contributed by atoms with Gasteiger partial charge in [-0.05, 0) is 48.9 Å². The minimum Gasteiger partial charge on any atom is -0.508 e. The summed E-state index contributed by atoms with van der Waals surface area (Å²) in [4.78, 5) is 12.6. The number of phenolic OH excluding ortho intramolecular Hbond substituents is 5. The number of ether oxygens (including phenoxy) is 8. The van der Waals surface area contributed by atoms with Gasteiger partial charge in [-0.3, -0.25) is 0 Å². The van der Waals surface area contributed by atoms with Crippen molar-refractivity contribution in [3.8, 4) is 40.2 Å². The highest BCUT2D eigenvalue weighted by atomic mass is 16.7. The number of phenols is 5. The maximum Gasteiger partial charge on any atom is 0.331 e. The fourth-order valence-corrected chi connectivity index (χ4v) is 7.43. The molecule has 4 aliphatic heterocycles. The van der Waals surface area contributed by atoms with Crippen LogP contribution in [-0.4, -0.2) is 183 Å². The summed E-state index contributed by atoms with van der Waals surface area (Å²) in [6.45, 7) is -0.0553. The Bertz CT molecular complexity index is 2190. The molecule has 0 aliphatic carbocycles. The van der Waals surface area contributed by atoms with E-state index in [1.165, 1.54) is 43.3 Å². The molecule has 23 heteroatoms. The Morgan fingerprint density at radius 2 is 1.28 bits per heavy atom. The molecule has 16 atom stereocenters. The number of aliphatic hydroxyl groups excluding tert-OH is 9. The molecule has 0 spiro atoms. The van der Waals surface area contributed by atoms with E-state index in [-0.39, 0.29) is 34.1 Å². The minimum atomic E-state index is -2.02. The minimum absolute atomic E-state index is 0.0203. The first-order valence-corrected chi connectivity index (χ1v) is 20.0. The Hall–Kier alpha value is -5.51. The lowest BCUT2D eigenvalue weighted by Crippen LogP contribution is -2.61. The summed E-state index contributed by atoms with van der Waals surface area (Å²) in [5, 5.41) is 147. The highest BCUT2D eigenvalue weighted by Crippen LogP contribution is 2.48. The predicted octanol–water partition coefficient (Wildman–Crippen LogP) is -2.20. The fraction of sp³-hybridized carbons (Fsp3) is 0.452. The van der Waals surface area contributed by atoms with Crippen molar-refractivity contribution in [3.63, 3.8) is 0 Å². The molecule has 3 saturated heterocycles. The third kappa shape index (κ3) is 10.0. The molecular weight excluding hydrogens is 872 g/mol. The van der Waals surface area contributed by atoms with Crippen LogP contribution in [0.4, 0.5) is 0 Å². The van der Waals surface area contributed by atoms with Gasteiger partial charge in [0.05, 0.1) is 24.9 Å². The van der Waals surface area contributed by atoms with Crippen molar-refractivity contribution in [2.75, 3.05) is 13.2 Å². The van der Waals surface area contributed by atoms with Gasteiger partial charge in [-0.15, -0.1) is 0 Å². The predicted molar refractivity (Wildman–Crippen MR) is 212 cm³/mol. The van der Waals surface area contributed by atoms with Crippen LogP contribution in [0.3, 0.4) is 0 Å². The lowest BCUT2D eigenvalue weighted by Gasteiger charge is -2.43. The van der Waals surface area contributed by atoms with Crippen LogP contribution < -0.4 is 9.47 Å². The molecule has 0 bridgehead atoms. The summed E-state index contributed by atoms with van der Waals surface area (Å²) >= 11 is 0. The van der Waals surface area contributed by atoms with Crippen molar-refractivity contribution in [3.05, 3.63) is 77.1 Å². The van der Waals surface area contributed by atoms with Gasteiger partial charge in [0.25, 0.3) is 0 Å². The van der Waals surface area contributed by atoms with E-state index in [4.69, 9.17) is 37.9 Å². The molecule has 1 unspecified atom stereocenters. The van der Waals surface area contributed by atoms with Crippen molar-refractivity contribution in [1.82, 2.24) is 0 Å². The summed E-state index contributed by atoms with van der Waals surface area (Å²) in [6.07, 6.45) is -23.5. The first-order chi connectivity index (χ1) is 30.8. The summed E-state index contributed by atoms with van der Waals surface area (Å²) in [6, 6.07) is 10.0. The van der Waals surface area contributed by atoms with Crippen LogP contribution in [0.15, 0.2) is 60.4 Å². The molecule has 7 rings (SSSR count). The number of rotatable bonds is 12. The number of benzene rings is 3. The quantitative estimate of drug-likeness (QED) is 0.0521. The van der Waals surface area contributed by atoms with Crippen LogP contribution in [-0.2, 0) is 33.2 Å². The number of carbonyl (C=O) groups is 1. The van der Waals surface area contributed by atoms with E-state index in [2.05, 4.69) is 0 Å². The van der Waals surface area contributed by atoms with Gasteiger partial charge in [-0.1, -0.05) is 12.1 Å². The van der Waals surface area contributed by atoms with E-state index in [9.17, 15) is 76.3 Å². The Morgan fingerprint density at radius 3 is 1.92 bits per heavy atom. The maximum absolute atomic E-state index is 12.6. The molecule has 23 nitrogen and oxygen atoms in total. The number of hydrogen-bond donors (Lipinski definition) is 14. The zero-order chi connectivity index (χ0) is 47.0. The van der Waals surface area contributed by atoms with Gasteiger partial charge < -0.3 is 109 Å². The average molecular weight is 921 g/mol. The summed E-state index contributed by atoms with van der Waals surface area (Å²) in [5.41, 5.74) is 0.382. The highest BCUT2D eigenvalue weighted by molar-refractivity contribution is 5.87. The molecule has 354 valence electrons. The molecule has 65 heavy (non-hydrogen) atoms. The Morgan fingerprint density at radius 1 is 0.677 bits per heavy atom. The van der Waals surface area contributed by atoms with Crippen LogP contribution in [0, 0.1) is 0 Å². The van der Waals surface area contributed by atoms with Crippen LogP contribution in [0.1, 0.15) is 29.7 Å². The van der Waals surface area contributed by atoms with Crippen molar-refractivity contribution in [2.24, 2.45) is 0 Å². The zero-order valence-electron chi connectivity index (χ0n) is 33.9. The molecule has 0 aromatic heterocycles. The van der Waals surface area contributed by atoms with E-state index in [1.54, 1.807) is 0 Å². The molecule has 0 saturated carbocycles. The van der Waals surface area contributed by atoms with Crippen molar-refractivity contribution in [2.45, 2.75) is 105 Å². The first kappa shape index (κ1) is 47.5. The van der Waals surface area contributed by atoms with Gasteiger partial charge in [-0.25, -0.2) is 4.79 Å². The summed E-state index contributed by atoms with van der Waals surface area (Å²) < 4.78 is 46.0. The van der Waals surface area contributed by atoms with E-state index < -0.39 is 140 Å². The molecule has 0 radical (unpaired) electrons. The molecule has 4 heterocycles. The Kier molecular flexibility index (Phi) is 14.3. The number of fused-ring (bicyclic) bond motifs is 1. The van der Waals surface area contributed by atoms with Gasteiger partial charge in [0, 0.05) is 23.8 Å². The SMILES string of the molecule is C[C@@H]1O[C@@H](OC[C@H]2O[C@@H](OC3=Cc4c(cc(O)cc4O[C@@H]4O[C@H](CO)[C@@H](O)[C@H](O)[C@H]4O)OC3c3cc(O)c(O)c(O)c3)[C@@H](O)[C@@H](O)[C@@H]2O)[C@@H](O)[C@H](O)[C@H]1OC(=O)/C=C\c1ccc(O)cc1. The van der Waals surface area contributed by atoms with Crippen molar-refractivity contribution in [1.29, 1.82) is 0 Å². The molecule has 14 N–H and O–H groups in total. The van der Waals surface area contributed by atoms with Gasteiger partial charge in [0.1, 0.15) is 89.8 Å². The van der Waals surface area contributed by atoms with Gasteiger partial charge >= 0.3 is 5.97 Å². The van der Waals surface area contributed by atoms with Crippen LogP contribution >= 0.6 is 0 Å². The Labute approximate surface area is 367 Å². The van der Waals surface area contributed by atoms with E-state index >= 15 is 0 Å². The normalized spacial score (nSPS) is 34.8. The third-order valence-electron chi connectivity index (χ3n) is 11.0. The summed E-state index contributed by atoms with van der Waals surface area (Å²) in [5.74, 6) is -4.68. The standard InChI is InChI=1S/C42H48O23/c1-15-38(65-28(48)7-4-16-2-5-18(44)6-3-16)34(54)37(57)40(59-15)58-14-27-31(51)33(53)36(56)42(64-27)62-25-12-20-23(60-39(25)17-8-21(46)29(49)22(47)9-17)10-19(45)11-24(20)61-41-35(55)32(52)30(50)26(13-43)63-41/h2-12,15,26-27,30-47,49-57H,13-14H2,1H3/b7-4-/t15-,26+,27+,30+,31+,32-,33-,34-,35+,36-,37-,38-,39?,40+,41+,42+/m0/s1. The molecule has 3 aromatic rings. The van der Waals surface area contributed by atoms with Gasteiger partial charge in [0.2, 0.25) is 12.6 Å². The van der Waals surface area contributed by atoms with Crippen LogP contribution in [0.25, 0.3) is 12.2 Å². The first-order valence-electron chi connectivity index (χ1n) is 20.0. The Balaban J connectivity index is 1.10.